The summed E-state index contributed by atoms with van der Waals surface area (Å²) in [5.41, 5.74) is 0.239. The number of amides is 2. The normalized spacial score (nSPS) is 20.3. The summed E-state index contributed by atoms with van der Waals surface area (Å²) in [6.07, 6.45) is 0. The fraction of sp³-hybridized carbons (Fsp3) is 0.158. The molecule has 0 spiro atoms. The van der Waals surface area contributed by atoms with Crippen LogP contribution in [-0.2, 0) is 19.1 Å². The van der Waals surface area contributed by atoms with Crippen LogP contribution >= 0.6 is 11.6 Å². The number of methoxy groups -OCH3 is 1. The highest BCUT2D eigenvalue weighted by atomic mass is 35.5. The van der Waals surface area contributed by atoms with Crippen molar-refractivity contribution in [2.24, 2.45) is 11.0 Å². The zero-order chi connectivity index (χ0) is 21.6. The van der Waals surface area contributed by atoms with E-state index in [0.29, 0.717) is 10.7 Å². The van der Waals surface area contributed by atoms with E-state index in [1.807, 2.05) is 0 Å². The van der Waals surface area contributed by atoms with Gasteiger partial charge in [-0.2, -0.15) is 5.10 Å². The molecule has 2 aliphatic rings. The zero-order valence-electron chi connectivity index (χ0n) is 15.4. The summed E-state index contributed by atoms with van der Waals surface area (Å²) >= 11 is 5.92. The molecule has 0 N–H and O–H groups in total. The average Bonchev–Trinajstić information content (AvgIpc) is 3.25. The van der Waals surface area contributed by atoms with Crippen LogP contribution in [0.2, 0.25) is 5.02 Å². The summed E-state index contributed by atoms with van der Waals surface area (Å²) in [5.74, 6) is -3.28. The molecule has 1 saturated heterocycles. The number of nitro groups is 1. The lowest BCUT2D eigenvalue weighted by atomic mass is 9.98. The summed E-state index contributed by atoms with van der Waals surface area (Å²) < 4.78 is 4.74. The first-order chi connectivity index (χ1) is 14.3. The Morgan fingerprint density at radius 3 is 2.23 bits per heavy atom. The van der Waals surface area contributed by atoms with E-state index < -0.39 is 34.7 Å². The monoisotopic (exact) mass is 428 g/mol. The number of carbonyl (C=O) groups is 3. The number of benzene rings is 2. The molecule has 2 amide bonds. The van der Waals surface area contributed by atoms with Gasteiger partial charge in [0.1, 0.15) is 12.0 Å². The van der Waals surface area contributed by atoms with Gasteiger partial charge in [-0.3, -0.25) is 24.7 Å². The van der Waals surface area contributed by atoms with E-state index in [0.717, 1.165) is 12.0 Å². The fourth-order valence-electron chi connectivity index (χ4n) is 3.47. The lowest BCUT2D eigenvalue weighted by Gasteiger charge is -2.22. The number of hydrogen-bond donors (Lipinski definition) is 0. The molecule has 0 saturated carbocycles. The second kappa shape index (κ2) is 7.23. The lowest BCUT2D eigenvalue weighted by Crippen LogP contribution is -2.39. The fourth-order valence-corrected chi connectivity index (χ4v) is 3.60. The quantitative estimate of drug-likeness (QED) is 0.316. The third-order valence-corrected chi connectivity index (χ3v) is 5.11. The summed E-state index contributed by atoms with van der Waals surface area (Å²) in [6.45, 7) is 0. The lowest BCUT2D eigenvalue weighted by molar-refractivity contribution is -0.384. The van der Waals surface area contributed by atoms with E-state index in [4.69, 9.17) is 16.3 Å². The van der Waals surface area contributed by atoms with Crippen molar-refractivity contribution in [2.45, 2.75) is 6.04 Å². The van der Waals surface area contributed by atoms with E-state index >= 15 is 0 Å². The number of anilines is 2. The molecule has 1 fully saturated rings. The number of nitrogens with zero attached hydrogens (tertiary/aromatic N) is 4. The number of hydrogen-bond acceptors (Lipinski definition) is 8. The van der Waals surface area contributed by atoms with Crippen molar-refractivity contribution < 1.29 is 24.0 Å². The number of esters is 1. The molecule has 2 atom stereocenters. The van der Waals surface area contributed by atoms with Gasteiger partial charge in [0.15, 0.2) is 5.71 Å². The Hall–Kier alpha value is -3.79. The third-order valence-electron chi connectivity index (χ3n) is 4.85. The van der Waals surface area contributed by atoms with Gasteiger partial charge in [0.05, 0.1) is 23.4 Å². The molecule has 30 heavy (non-hydrogen) atoms. The molecule has 152 valence electrons. The topological polar surface area (TPSA) is 122 Å². The van der Waals surface area contributed by atoms with Gasteiger partial charge < -0.3 is 4.74 Å². The van der Waals surface area contributed by atoms with E-state index in [-0.39, 0.29) is 17.1 Å². The van der Waals surface area contributed by atoms with Gasteiger partial charge in [0.25, 0.3) is 11.6 Å². The van der Waals surface area contributed by atoms with Crippen LogP contribution in [-0.4, -0.2) is 41.6 Å². The van der Waals surface area contributed by atoms with Crippen LogP contribution in [0.4, 0.5) is 17.1 Å². The molecule has 4 rings (SSSR count). The van der Waals surface area contributed by atoms with E-state index in [1.165, 1.54) is 29.3 Å². The largest absolute Gasteiger partial charge is 0.464 e. The Labute approximate surface area is 174 Å². The first-order valence-corrected chi connectivity index (χ1v) is 9.05. The molecule has 0 radical (unpaired) electrons. The van der Waals surface area contributed by atoms with Crippen LogP contribution in [0, 0.1) is 16.0 Å². The molecule has 0 unspecified atom stereocenters. The summed E-state index contributed by atoms with van der Waals surface area (Å²) in [5, 5.41) is 16.8. The number of rotatable bonds is 4. The maximum absolute atomic E-state index is 13.2. The second-order valence-corrected chi connectivity index (χ2v) is 6.94. The Morgan fingerprint density at radius 2 is 1.67 bits per heavy atom. The Kier molecular flexibility index (Phi) is 4.70. The third kappa shape index (κ3) is 2.98. The van der Waals surface area contributed by atoms with Crippen molar-refractivity contribution in [1.29, 1.82) is 0 Å². The number of ether oxygens (including phenoxy) is 1. The standard InChI is InChI=1S/C19H13ClN4O6/c1-30-19(27)15-14-16(23(21-15)12-4-2-10(20)3-5-12)18(26)22(17(14)25)11-6-8-13(9-7-11)24(28)29/h2-9,14,16H,1H3/t14-,16-/m0/s1. The number of hydrazone groups is 1. The smallest absolute Gasteiger partial charge is 0.355 e. The van der Waals surface area contributed by atoms with Crippen LogP contribution < -0.4 is 9.91 Å². The minimum absolute atomic E-state index is 0.158. The molecule has 2 heterocycles. The Bertz CT molecular complexity index is 1100. The first kappa shape index (κ1) is 19.5. The highest BCUT2D eigenvalue weighted by Gasteiger charge is 2.59. The maximum atomic E-state index is 13.2. The van der Waals surface area contributed by atoms with Crippen molar-refractivity contribution in [2.75, 3.05) is 17.0 Å². The molecule has 0 aromatic heterocycles. The molecule has 0 aliphatic carbocycles. The van der Waals surface area contributed by atoms with E-state index in [9.17, 15) is 24.5 Å². The van der Waals surface area contributed by atoms with Crippen LogP contribution in [0.5, 0.6) is 0 Å². The predicted molar refractivity (Wildman–Crippen MR) is 106 cm³/mol. The minimum Gasteiger partial charge on any atom is -0.464 e. The SMILES string of the molecule is COC(=O)C1=NN(c2ccc(Cl)cc2)[C@@H]2C(=O)N(c3ccc([N+](=O)[O-])cc3)C(=O)[C@@H]12. The molecule has 10 nitrogen and oxygen atoms in total. The van der Waals surface area contributed by atoms with Gasteiger partial charge in [0, 0.05) is 17.2 Å². The van der Waals surface area contributed by atoms with Crippen LogP contribution in [0.3, 0.4) is 0 Å². The van der Waals surface area contributed by atoms with Gasteiger partial charge in [-0.25, -0.2) is 9.69 Å². The Balaban J connectivity index is 1.76. The van der Waals surface area contributed by atoms with Crippen LogP contribution in [0.25, 0.3) is 0 Å². The highest BCUT2D eigenvalue weighted by Crippen LogP contribution is 2.38. The van der Waals surface area contributed by atoms with E-state index in [2.05, 4.69) is 5.10 Å². The molecule has 11 heteroatoms. The molecule has 2 aromatic rings. The number of halogens is 1. The number of non-ortho nitro benzene ring substituents is 1. The number of fused-ring (bicyclic) bond motifs is 1. The molecular formula is C19H13ClN4O6. The van der Waals surface area contributed by atoms with Crippen LogP contribution in [0.1, 0.15) is 0 Å². The van der Waals surface area contributed by atoms with Crippen molar-refractivity contribution in [3.8, 4) is 0 Å². The van der Waals surface area contributed by atoms with Crippen molar-refractivity contribution >= 4 is 52.2 Å². The number of nitro benzene ring substituents is 1. The van der Waals surface area contributed by atoms with Gasteiger partial charge in [-0.05, 0) is 36.4 Å². The summed E-state index contributed by atoms with van der Waals surface area (Å²) in [7, 11) is 1.15. The zero-order valence-corrected chi connectivity index (χ0v) is 16.1. The van der Waals surface area contributed by atoms with Gasteiger partial charge in [-0.15, -0.1) is 0 Å². The molecule has 0 bridgehead atoms. The minimum atomic E-state index is -1.17. The Morgan fingerprint density at radius 1 is 1.07 bits per heavy atom. The molecular weight excluding hydrogens is 416 g/mol. The van der Waals surface area contributed by atoms with Gasteiger partial charge in [-0.1, -0.05) is 11.6 Å². The average molecular weight is 429 g/mol. The number of carbonyl (C=O) groups excluding carboxylic acids is 3. The maximum Gasteiger partial charge on any atom is 0.355 e. The molecule has 2 aliphatic heterocycles. The summed E-state index contributed by atoms with van der Waals surface area (Å²) in [6, 6.07) is 10.3. The second-order valence-electron chi connectivity index (χ2n) is 6.51. The first-order valence-electron chi connectivity index (χ1n) is 8.67. The van der Waals surface area contributed by atoms with Crippen molar-refractivity contribution in [3.05, 3.63) is 63.7 Å². The molecule has 2 aromatic carbocycles. The van der Waals surface area contributed by atoms with Crippen molar-refractivity contribution in [1.82, 2.24) is 0 Å². The highest BCUT2D eigenvalue weighted by molar-refractivity contribution is 6.47. The van der Waals surface area contributed by atoms with Gasteiger partial charge in [0.2, 0.25) is 5.91 Å². The predicted octanol–water partition coefficient (Wildman–Crippen LogP) is 2.16. The number of imide groups is 1. The van der Waals surface area contributed by atoms with Crippen LogP contribution in [0.15, 0.2) is 53.6 Å². The van der Waals surface area contributed by atoms with E-state index in [1.54, 1.807) is 24.3 Å². The summed E-state index contributed by atoms with van der Waals surface area (Å²) in [4.78, 5) is 49.7. The van der Waals surface area contributed by atoms with Crippen molar-refractivity contribution in [3.63, 3.8) is 0 Å². The van der Waals surface area contributed by atoms with Gasteiger partial charge >= 0.3 is 5.97 Å².